The number of ether oxygens (including phenoxy) is 2. The third-order valence-electron chi connectivity index (χ3n) is 5.06. The van der Waals surface area contributed by atoms with E-state index in [1.807, 2.05) is 39.8 Å². The largest absolute Gasteiger partial charge is 0.496 e. The van der Waals surface area contributed by atoms with Gasteiger partial charge in [-0.1, -0.05) is 26.0 Å². The van der Waals surface area contributed by atoms with Crippen molar-refractivity contribution in [3.05, 3.63) is 59.2 Å². The summed E-state index contributed by atoms with van der Waals surface area (Å²) in [7, 11) is 1.50. The van der Waals surface area contributed by atoms with Crippen LogP contribution in [0.2, 0.25) is 0 Å². The molecule has 2 aromatic carbocycles. The van der Waals surface area contributed by atoms with E-state index in [0.29, 0.717) is 30.0 Å². The first-order valence-electron chi connectivity index (χ1n) is 10.2. The molecule has 0 aliphatic carbocycles. The average Bonchev–Trinajstić information content (AvgIpc) is 2.72. The van der Waals surface area contributed by atoms with E-state index in [2.05, 4.69) is 11.4 Å². The molecular weight excluding hydrogens is 394 g/mol. The highest BCUT2D eigenvalue weighted by molar-refractivity contribution is 5.95. The minimum absolute atomic E-state index is 0.102. The van der Waals surface area contributed by atoms with Gasteiger partial charge in [0.05, 0.1) is 13.7 Å². The Morgan fingerprint density at radius 1 is 1.10 bits per heavy atom. The zero-order chi connectivity index (χ0) is 23.0. The topological polar surface area (TPSA) is 84.9 Å². The molecule has 2 N–H and O–H groups in total. The van der Waals surface area contributed by atoms with Gasteiger partial charge in [-0.25, -0.2) is 4.79 Å². The summed E-state index contributed by atoms with van der Waals surface area (Å²) in [6.45, 7) is 8.40. The van der Waals surface area contributed by atoms with Gasteiger partial charge in [-0.3, -0.25) is 4.79 Å². The Morgan fingerprint density at radius 2 is 1.84 bits per heavy atom. The minimum Gasteiger partial charge on any atom is -0.496 e. The summed E-state index contributed by atoms with van der Waals surface area (Å²) < 4.78 is 11.2. The Kier molecular flexibility index (Phi) is 8.25. The van der Waals surface area contributed by atoms with Crippen LogP contribution in [0.15, 0.2) is 42.5 Å². The molecule has 6 heteroatoms. The monoisotopic (exact) mass is 425 g/mol. The lowest BCUT2D eigenvalue weighted by Crippen LogP contribution is -2.31. The molecule has 166 valence electrons. The Labute approximate surface area is 183 Å². The van der Waals surface area contributed by atoms with Gasteiger partial charge in [0.2, 0.25) is 5.91 Å². The van der Waals surface area contributed by atoms with E-state index >= 15 is 0 Å². The molecule has 2 aromatic rings. The molecule has 0 heterocycles. The summed E-state index contributed by atoms with van der Waals surface area (Å²) in [6, 6.07) is 11.2. The summed E-state index contributed by atoms with van der Waals surface area (Å²) in [4.78, 5) is 23.5. The number of anilines is 1. The number of hydrogen-bond donors (Lipinski definition) is 2. The molecule has 0 aliphatic rings. The highest BCUT2D eigenvalue weighted by Gasteiger charge is 2.27. The molecule has 0 saturated carbocycles. The third kappa shape index (κ3) is 7.17. The van der Waals surface area contributed by atoms with Crippen LogP contribution >= 0.6 is 0 Å². The van der Waals surface area contributed by atoms with E-state index in [-0.39, 0.29) is 5.91 Å². The van der Waals surface area contributed by atoms with Crippen LogP contribution in [-0.2, 0) is 9.59 Å². The van der Waals surface area contributed by atoms with Gasteiger partial charge in [0.1, 0.15) is 11.5 Å². The first-order chi connectivity index (χ1) is 14.6. The van der Waals surface area contributed by atoms with Gasteiger partial charge >= 0.3 is 5.97 Å². The quantitative estimate of drug-likeness (QED) is 0.402. The fourth-order valence-corrected chi connectivity index (χ4v) is 3.06. The van der Waals surface area contributed by atoms with E-state index in [0.717, 1.165) is 29.4 Å². The number of amides is 1. The first kappa shape index (κ1) is 24.0. The number of rotatable bonds is 10. The lowest BCUT2D eigenvalue weighted by atomic mass is 9.87. The highest BCUT2D eigenvalue weighted by atomic mass is 16.5. The smallest absolute Gasteiger partial charge is 0.328 e. The summed E-state index contributed by atoms with van der Waals surface area (Å²) in [5.74, 6) is 0.222. The van der Waals surface area contributed by atoms with Crippen LogP contribution in [0.5, 0.6) is 11.5 Å². The van der Waals surface area contributed by atoms with Crippen LogP contribution in [0.1, 0.15) is 43.4 Å². The number of methoxy groups -OCH3 is 1. The number of carboxylic acid groups (broad SMARTS) is 1. The fraction of sp³-hybridized carbons (Fsp3) is 0.360. The number of carboxylic acids is 1. The molecule has 1 amide bonds. The maximum atomic E-state index is 12.8. The van der Waals surface area contributed by atoms with E-state index < -0.39 is 11.4 Å². The fourth-order valence-electron chi connectivity index (χ4n) is 3.06. The summed E-state index contributed by atoms with van der Waals surface area (Å²) >= 11 is 0. The highest BCUT2D eigenvalue weighted by Crippen LogP contribution is 2.28. The van der Waals surface area contributed by atoms with Gasteiger partial charge in [-0.2, -0.15) is 0 Å². The SMILES string of the molecule is COc1cc(NC(=O)C(C)(C)CCCOc2cc(C)ccc2C)ccc1/C=C/C(=O)O. The summed E-state index contributed by atoms with van der Waals surface area (Å²) in [6.07, 6.45) is 3.91. The molecule has 0 aromatic heterocycles. The first-order valence-corrected chi connectivity index (χ1v) is 10.2. The van der Waals surface area contributed by atoms with Crippen molar-refractivity contribution in [2.75, 3.05) is 19.0 Å². The predicted molar refractivity (Wildman–Crippen MR) is 123 cm³/mol. The zero-order valence-corrected chi connectivity index (χ0v) is 18.8. The standard InChI is InChI=1S/C25H31NO5/c1-17-7-8-18(2)21(15-17)31-14-6-13-25(3,4)24(29)26-20-11-9-19(10-12-23(27)28)22(16-20)30-5/h7-12,15-16H,6,13-14H2,1-5H3,(H,26,29)(H,27,28)/b12-10+. The summed E-state index contributed by atoms with van der Waals surface area (Å²) in [5.41, 5.74) is 2.87. The predicted octanol–water partition coefficient (Wildman–Crippen LogP) is 5.23. The lowest BCUT2D eigenvalue weighted by molar-refractivity contribution is -0.131. The number of carbonyl (C=O) groups is 2. The molecule has 6 nitrogen and oxygen atoms in total. The van der Waals surface area contributed by atoms with Crippen molar-refractivity contribution >= 4 is 23.6 Å². The second-order valence-electron chi connectivity index (χ2n) is 8.19. The molecule has 0 radical (unpaired) electrons. The van der Waals surface area contributed by atoms with Crippen LogP contribution in [0, 0.1) is 19.3 Å². The molecule has 0 fully saturated rings. The molecule has 2 rings (SSSR count). The maximum absolute atomic E-state index is 12.8. The third-order valence-corrected chi connectivity index (χ3v) is 5.06. The van der Waals surface area contributed by atoms with Crippen molar-refractivity contribution < 1.29 is 24.2 Å². The summed E-state index contributed by atoms with van der Waals surface area (Å²) in [5, 5.41) is 11.7. The van der Waals surface area contributed by atoms with Crippen molar-refractivity contribution in [2.45, 2.75) is 40.5 Å². The van der Waals surface area contributed by atoms with Crippen LogP contribution in [0.3, 0.4) is 0 Å². The lowest BCUT2D eigenvalue weighted by Gasteiger charge is -2.24. The molecule has 0 bridgehead atoms. The van der Waals surface area contributed by atoms with Gasteiger partial charge in [0.15, 0.2) is 0 Å². The number of hydrogen-bond acceptors (Lipinski definition) is 4. The van der Waals surface area contributed by atoms with E-state index in [9.17, 15) is 9.59 Å². The molecular formula is C25H31NO5. The Hall–Kier alpha value is -3.28. The van der Waals surface area contributed by atoms with Crippen LogP contribution in [-0.4, -0.2) is 30.7 Å². The van der Waals surface area contributed by atoms with E-state index in [4.69, 9.17) is 14.6 Å². The van der Waals surface area contributed by atoms with Gasteiger partial charge in [0.25, 0.3) is 0 Å². The zero-order valence-electron chi connectivity index (χ0n) is 18.8. The Morgan fingerprint density at radius 3 is 2.52 bits per heavy atom. The van der Waals surface area contributed by atoms with E-state index in [1.54, 1.807) is 18.2 Å². The van der Waals surface area contributed by atoms with Gasteiger partial charge in [0, 0.05) is 28.8 Å². The van der Waals surface area contributed by atoms with Gasteiger partial charge in [-0.05, 0) is 62.1 Å². The Bertz CT molecular complexity index is 962. The molecule has 0 aliphatic heterocycles. The second kappa shape index (κ2) is 10.7. The number of nitrogens with one attached hydrogen (secondary N) is 1. The molecule has 0 unspecified atom stereocenters. The van der Waals surface area contributed by atoms with Crippen LogP contribution in [0.4, 0.5) is 5.69 Å². The number of benzene rings is 2. The van der Waals surface area contributed by atoms with Crippen molar-refractivity contribution in [1.29, 1.82) is 0 Å². The number of aryl methyl sites for hydroxylation is 2. The number of aliphatic carboxylic acids is 1. The normalized spacial score (nSPS) is 11.4. The second-order valence-corrected chi connectivity index (χ2v) is 8.19. The average molecular weight is 426 g/mol. The van der Waals surface area contributed by atoms with Crippen molar-refractivity contribution in [1.82, 2.24) is 0 Å². The molecule has 0 atom stereocenters. The van der Waals surface area contributed by atoms with Gasteiger partial charge < -0.3 is 19.9 Å². The Balaban J connectivity index is 1.94. The minimum atomic E-state index is -1.04. The van der Waals surface area contributed by atoms with Crippen LogP contribution in [0.25, 0.3) is 6.08 Å². The molecule has 0 saturated heterocycles. The van der Waals surface area contributed by atoms with Crippen molar-refractivity contribution in [3.63, 3.8) is 0 Å². The van der Waals surface area contributed by atoms with Crippen molar-refractivity contribution in [3.8, 4) is 11.5 Å². The van der Waals surface area contributed by atoms with Crippen LogP contribution < -0.4 is 14.8 Å². The van der Waals surface area contributed by atoms with Crippen molar-refractivity contribution in [2.24, 2.45) is 5.41 Å². The molecule has 31 heavy (non-hydrogen) atoms. The number of carbonyl (C=O) groups excluding carboxylic acids is 1. The maximum Gasteiger partial charge on any atom is 0.328 e. The molecule has 0 spiro atoms. The van der Waals surface area contributed by atoms with E-state index in [1.165, 1.54) is 13.2 Å². The van der Waals surface area contributed by atoms with Gasteiger partial charge in [-0.15, -0.1) is 0 Å².